The Kier molecular flexibility index (Phi) is 2.75. The van der Waals surface area contributed by atoms with Gasteiger partial charge in [0.2, 0.25) is 0 Å². The maximum absolute atomic E-state index is 12.3. The maximum atomic E-state index is 12.3. The normalized spacial score (nSPS) is 12.2. The molecule has 3 heterocycles. The Morgan fingerprint density at radius 1 is 1.42 bits per heavy atom. The van der Waals surface area contributed by atoms with E-state index in [9.17, 15) is 4.79 Å². The first-order chi connectivity index (χ1) is 9.16. The van der Waals surface area contributed by atoms with Crippen LogP contribution in [0, 0.1) is 6.92 Å². The van der Waals surface area contributed by atoms with Crippen LogP contribution in [0.15, 0.2) is 35.0 Å². The summed E-state index contributed by atoms with van der Waals surface area (Å²) >= 11 is 1.41. The molecule has 3 aromatic rings. The SMILES string of the molecule is Cc1nn2cccnc2c1C(=O)N=c1sccn1C. The number of hydrogen-bond acceptors (Lipinski definition) is 4. The van der Waals surface area contributed by atoms with Crippen molar-refractivity contribution in [3.8, 4) is 0 Å². The fourth-order valence-corrected chi connectivity index (χ4v) is 2.55. The molecule has 6 nitrogen and oxygen atoms in total. The summed E-state index contributed by atoms with van der Waals surface area (Å²) in [4.78, 5) is 21.3. The zero-order valence-corrected chi connectivity index (χ0v) is 11.3. The summed E-state index contributed by atoms with van der Waals surface area (Å²) in [5, 5.41) is 6.14. The standard InChI is InChI=1S/C12H11N5OS/c1-8-9(10-13-4-3-5-17(10)15-8)11(18)14-12-16(2)6-7-19-12/h3-7H,1-2H3. The summed E-state index contributed by atoms with van der Waals surface area (Å²) in [6.07, 6.45) is 5.26. The number of aryl methyl sites for hydroxylation is 2. The van der Waals surface area contributed by atoms with Crippen molar-refractivity contribution >= 4 is 22.9 Å². The summed E-state index contributed by atoms with van der Waals surface area (Å²) in [5.74, 6) is -0.316. The molecule has 0 fully saturated rings. The van der Waals surface area contributed by atoms with Crippen molar-refractivity contribution in [3.05, 3.63) is 46.1 Å². The van der Waals surface area contributed by atoms with Crippen LogP contribution in [0.1, 0.15) is 16.1 Å². The third kappa shape index (κ3) is 1.97. The van der Waals surface area contributed by atoms with Crippen LogP contribution in [0.25, 0.3) is 5.65 Å². The van der Waals surface area contributed by atoms with Crippen molar-refractivity contribution in [1.82, 2.24) is 19.2 Å². The molecule has 0 saturated carbocycles. The lowest BCUT2D eigenvalue weighted by molar-refractivity contribution is 0.0998. The molecule has 0 aliphatic carbocycles. The number of carbonyl (C=O) groups is 1. The summed E-state index contributed by atoms with van der Waals surface area (Å²) in [6.45, 7) is 1.78. The minimum atomic E-state index is -0.316. The first-order valence-corrected chi connectivity index (χ1v) is 6.54. The van der Waals surface area contributed by atoms with Gasteiger partial charge in [-0.15, -0.1) is 11.3 Å². The second kappa shape index (κ2) is 4.43. The molecule has 96 valence electrons. The average Bonchev–Trinajstić information content (AvgIpc) is 2.92. The highest BCUT2D eigenvalue weighted by Crippen LogP contribution is 2.13. The third-order valence-electron chi connectivity index (χ3n) is 2.74. The number of thiazole rings is 1. The van der Waals surface area contributed by atoms with Crippen LogP contribution in [0.4, 0.5) is 0 Å². The van der Waals surface area contributed by atoms with E-state index in [1.54, 1.807) is 34.5 Å². The Hall–Kier alpha value is -2.28. The summed E-state index contributed by atoms with van der Waals surface area (Å²) in [7, 11) is 1.85. The van der Waals surface area contributed by atoms with Gasteiger partial charge in [-0.2, -0.15) is 10.1 Å². The fourth-order valence-electron chi connectivity index (χ4n) is 1.82. The van der Waals surface area contributed by atoms with Gasteiger partial charge in [-0.1, -0.05) is 0 Å². The Morgan fingerprint density at radius 2 is 2.26 bits per heavy atom. The lowest BCUT2D eigenvalue weighted by Crippen LogP contribution is -2.13. The van der Waals surface area contributed by atoms with Crippen LogP contribution in [0.5, 0.6) is 0 Å². The van der Waals surface area contributed by atoms with Crippen LogP contribution in [0.2, 0.25) is 0 Å². The molecular weight excluding hydrogens is 262 g/mol. The Bertz CT molecular complexity index is 826. The Balaban J connectivity index is 2.18. The van der Waals surface area contributed by atoms with Gasteiger partial charge >= 0.3 is 0 Å². The highest BCUT2D eigenvalue weighted by Gasteiger charge is 2.17. The minimum absolute atomic E-state index is 0.316. The lowest BCUT2D eigenvalue weighted by Gasteiger charge is -1.94. The van der Waals surface area contributed by atoms with E-state index in [4.69, 9.17) is 0 Å². The van der Waals surface area contributed by atoms with Gasteiger partial charge < -0.3 is 4.57 Å². The van der Waals surface area contributed by atoms with Crippen LogP contribution in [-0.4, -0.2) is 25.1 Å². The third-order valence-corrected chi connectivity index (χ3v) is 3.59. The quantitative estimate of drug-likeness (QED) is 0.668. The molecule has 7 heteroatoms. The number of nitrogens with zero attached hydrogens (tertiary/aromatic N) is 5. The molecule has 0 N–H and O–H groups in total. The number of rotatable bonds is 1. The molecule has 19 heavy (non-hydrogen) atoms. The molecule has 0 aliphatic rings. The minimum Gasteiger partial charge on any atom is -0.327 e. The summed E-state index contributed by atoms with van der Waals surface area (Å²) < 4.78 is 3.39. The van der Waals surface area contributed by atoms with E-state index in [0.29, 0.717) is 21.7 Å². The van der Waals surface area contributed by atoms with Crippen LogP contribution < -0.4 is 4.80 Å². The highest BCUT2D eigenvalue weighted by atomic mass is 32.1. The van der Waals surface area contributed by atoms with Gasteiger partial charge in [-0.25, -0.2) is 9.50 Å². The maximum Gasteiger partial charge on any atom is 0.285 e. The van der Waals surface area contributed by atoms with E-state index in [1.165, 1.54) is 11.3 Å². The molecule has 0 spiro atoms. The van der Waals surface area contributed by atoms with Gasteiger partial charge in [0.25, 0.3) is 5.91 Å². The van der Waals surface area contributed by atoms with E-state index in [2.05, 4.69) is 15.1 Å². The number of amides is 1. The average molecular weight is 273 g/mol. The summed E-state index contributed by atoms with van der Waals surface area (Å²) in [6, 6.07) is 1.77. The van der Waals surface area contributed by atoms with E-state index in [-0.39, 0.29) is 5.91 Å². The number of aromatic nitrogens is 4. The predicted molar refractivity (Wildman–Crippen MR) is 70.9 cm³/mol. The summed E-state index contributed by atoms with van der Waals surface area (Å²) in [5.41, 5.74) is 1.62. The predicted octanol–water partition coefficient (Wildman–Crippen LogP) is 1.18. The fraction of sp³-hybridized carbons (Fsp3) is 0.167. The van der Waals surface area contributed by atoms with Crippen molar-refractivity contribution in [2.45, 2.75) is 6.92 Å². The van der Waals surface area contributed by atoms with Gasteiger partial charge in [0.15, 0.2) is 10.4 Å². The zero-order chi connectivity index (χ0) is 13.4. The van der Waals surface area contributed by atoms with Gasteiger partial charge in [-0.3, -0.25) is 4.79 Å². The molecule has 3 aromatic heterocycles. The van der Waals surface area contributed by atoms with Crippen molar-refractivity contribution in [1.29, 1.82) is 0 Å². The van der Waals surface area contributed by atoms with Gasteiger partial charge in [-0.05, 0) is 13.0 Å². The zero-order valence-electron chi connectivity index (χ0n) is 10.4. The van der Waals surface area contributed by atoms with Crippen molar-refractivity contribution in [2.75, 3.05) is 0 Å². The monoisotopic (exact) mass is 273 g/mol. The second-order valence-electron chi connectivity index (χ2n) is 4.06. The molecular formula is C12H11N5OS. The smallest absolute Gasteiger partial charge is 0.285 e. The number of carbonyl (C=O) groups excluding carboxylic acids is 1. The largest absolute Gasteiger partial charge is 0.327 e. The highest BCUT2D eigenvalue weighted by molar-refractivity contribution is 7.07. The van der Waals surface area contributed by atoms with E-state index in [0.717, 1.165) is 0 Å². The number of fused-ring (bicyclic) bond motifs is 1. The Morgan fingerprint density at radius 3 is 3.00 bits per heavy atom. The first-order valence-electron chi connectivity index (χ1n) is 5.66. The van der Waals surface area contributed by atoms with Crippen molar-refractivity contribution in [2.24, 2.45) is 12.0 Å². The van der Waals surface area contributed by atoms with Gasteiger partial charge in [0, 0.05) is 31.0 Å². The topological polar surface area (TPSA) is 64.6 Å². The molecule has 0 bridgehead atoms. The second-order valence-corrected chi connectivity index (χ2v) is 4.93. The lowest BCUT2D eigenvalue weighted by atomic mass is 10.2. The Labute approximate surface area is 112 Å². The van der Waals surface area contributed by atoms with Crippen LogP contribution in [0.3, 0.4) is 0 Å². The molecule has 0 radical (unpaired) electrons. The van der Waals surface area contributed by atoms with E-state index >= 15 is 0 Å². The van der Waals surface area contributed by atoms with Gasteiger partial charge in [0.05, 0.1) is 5.69 Å². The van der Waals surface area contributed by atoms with Crippen molar-refractivity contribution < 1.29 is 4.79 Å². The van der Waals surface area contributed by atoms with Gasteiger partial charge in [0.1, 0.15) is 5.56 Å². The molecule has 1 amide bonds. The molecule has 0 unspecified atom stereocenters. The van der Waals surface area contributed by atoms with Crippen LogP contribution in [-0.2, 0) is 7.05 Å². The van der Waals surface area contributed by atoms with Crippen LogP contribution >= 0.6 is 11.3 Å². The molecule has 0 aromatic carbocycles. The molecule has 0 aliphatic heterocycles. The molecule has 0 atom stereocenters. The van der Waals surface area contributed by atoms with Crippen molar-refractivity contribution in [3.63, 3.8) is 0 Å². The van der Waals surface area contributed by atoms with E-state index < -0.39 is 0 Å². The molecule has 0 saturated heterocycles. The number of hydrogen-bond donors (Lipinski definition) is 0. The molecule has 3 rings (SSSR count). The van der Waals surface area contributed by atoms with E-state index in [1.807, 2.05) is 18.6 Å². The first kappa shape index (κ1) is 11.8.